The predicted octanol–water partition coefficient (Wildman–Crippen LogP) is 2.13. The Morgan fingerprint density at radius 3 is 2.68 bits per heavy atom. The zero-order valence-electron chi connectivity index (χ0n) is 10.6. The van der Waals surface area contributed by atoms with Crippen molar-refractivity contribution in [2.75, 3.05) is 13.6 Å². The minimum atomic E-state index is -3.39. The summed E-state index contributed by atoms with van der Waals surface area (Å²) in [4.78, 5) is 2.41. The van der Waals surface area contributed by atoms with E-state index in [1.54, 1.807) is 29.8 Å². The fourth-order valence-electron chi connectivity index (χ4n) is 1.63. The SMILES string of the molecule is CN(CCc1cccs1)S(=O)(=O)c1csc(CN)c1. The van der Waals surface area contributed by atoms with Crippen LogP contribution < -0.4 is 5.73 Å². The van der Waals surface area contributed by atoms with Crippen LogP contribution in [0.1, 0.15) is 9.75 Å². The monoisotopic (exact) mass is 316 g/mol. The number of nitrogens with two attached hydrogens (primary N) is 1. The molecule has 0 unspecified atom stereocenters. The van der Waals surface area contributed by atoms with E-state index in [-0.39, 0.29) is 0 Å². The maximum absolute atomic E-state index is 12.3. The summed E-state index contributed by atoms with van der Waals surface area (Å²) in [6.07, 6.45) is 0.737. The second-order valence-electron chi connectivity index (χ2n) is 4.11. The summed E-state index contributed by atoms with van der Waals surface area (Å²) in [7, 11) is -1.77. The van der Waals surface area contributed by atoms with Crippen LogP contribution in [-0.4, -0.2) is 26.3 Å². The average Bonchev–Trinajstić information content (AvgIpc) is 3.06. The standard InChI is InChI=1S/C12H16N2O2S3/c1-14(5-4-10-3-2-6-17-10)19(15,16)12-7-11(8-13)18-9-12/h2-3,6-7,9H,4-5,8,13H2,1H3. The number of nitrogens with zero attached hydrogens (tertiary/aromatic N) is 1. The van der Waals surface area contributed by atoms with Gasteiger partial charge >= 0.3 is 0 Å². The Morgan fingerprint density at radius 2 is 2.11 bits per heavy atom. The maximum Gasteiger partial charge on any atom is 0.243 e. The average molecular weight is 316 g/mol. The van der Waals surface area contributed by atoms with E-state index in [2.05, 4.69) is 0 Å². The molecule has 0 saturated carbocycles. The van der Waals surface area contributed by atoms with E-state index in [0.29, 0.717) is 18.0 Å². The number of likely N-dealkylation sites (N-methyl/N-ethyl adjacent to an activating group) is 1. The van der Waals surface area contributed by atoms with Crippen molar-refractivity contribution in [1.82, 2.24) is 4.31 Å². The summed E-state index contributed by atoms with van der Waals surface area (Å²) in [6, 6.07) is 5.64. The molecule has 0 amide bonds. The van der Waals surface area contributed by atoms with E-state index in [1.807, 2.05) is 17.5 Å². The third kappa shape index (κ3) is 3.43. The fraction of sp³-hybridized carbons (Fsp3) is 0.333. The summed E-state index contributed by atoms with van der Waals surface area (Å²) in [5.41, 5.74) is 5.51. The molecule has 104 valence electrons. The van der Waals surface area contributed by atoms with Crippen molar-refractivity contribution in [1.29, 1.82) is 0 Å². The molecular weight excluding hydrogens is 300 g/mol. The van der Waals surface area contributed by atoms with E-state index < -0.39 is 10.0 Å². The number of sulfonamides is 1. The van der Waals surface area contributed by atoms with Crippen LogP contribution >= 0.6 is 22.7 Å². The first-order valence-electron chi connectivity index (χ1n) is 5.80. The molecule has 0 aliphatic rings. The van der Waals surface area contributed by atoms with Gasteiger partial charge in [-0.2, -0.15) is 0 Å². The van der Waals surface area contributed by atoms with Gasteiger partial charge in [0.1, 0.15) is 0 Å². The van der Waals surface area contributed by atoms with Gasteiger partial charge in [-0.25, -0.2) is 12.7 Å². The van der Waals surface area contributed by atoms with Crippen LogP contribution in [0.4, 0.5) is 0 Å². The minimum Gasteiger partial charge on any atom is -0.326 e. The van der Waals surface area contributed by atoms with Crippen LogP contribution in [0.5, 0.6) is 0 Å². The van der Waals surface area contributed by atoms with Crippen LogP contribution in [0.15, 0.2) is 33.9 Å². The molecule has 0 fully saturated rings. The Kier molecular flexibility index (Phi) is 4.75. The van der Waals surface area contributed by atoms with E-state index in [9.17, 15) is 8.42 Å². The Bertz CT molecular complexity index is 617. The van der Waals surface area contributed by atoms with Crippen LogP contribution in [-0.2, 0) is 23.0 Å². The van der Waals surface area contributed by atoms with Crippen molar-refractivity contribution in [2.24, 2.45) is 5.73 Å². The Hall–Kier alpha value is -0.730. The Morgan fingerprint density at radius 1 is 1.32 bits per heavy atom. The van der Waals surface area contributed by atoms with Gasteiger partial charge in [0.15, 0.2) is 0 Å². The first-order chi connectivity index (χ1) is 9.04. The topological polar surface area (TPSA) is 63.4 Å². The molecule has 0 aliphatic heterocycles. The number of hydrogen-bond donors (Lipinski definition) is 1. The van der Waals surface area contributed by atoms with Crippen LogP contribution in [0.3, 0.4) is 0 Å². The van der Waals surface area contributed by atoms with Crippen molar-refractivity contribution in [3.63, 3.8) is 0 Å². The first kappa shape index (κ1) is 14.7. The van der Waals surface area contributed by atoms with Gasteiger partial charge in [0.05, 0.1) is 4.90 Å². The van der Waals surface area contributed by atoms with Gasteiger partial charge in [-0.3, -0.25) is 0 Å². The molecule has 0 saturated heterocycles. The van der Waals surface area contributed by atoms with Crippen molar-refractivity contribution in [3.8, 4) is 0 Å². The lowest BCUT2D eigenvalue weighted by Gasteiger charge is -2.15. The highest BCUT2D eigenvalue weighted by Crippen LogP contribution is 2.22. The number of hydrogen-bond acceptors (Lipinski definition) is 5. The van der Waals surface area contributed by atoms with Crippen molar-refractivity contribution < 1.29 is 8.42 Å². The highest BCUT2D eigenvalue weighted by Gasteiger charge is 2.21. The first-order valence-corrected chi connectivity index (χ1v) is 9.00. The van der Waals surface area contributed by atoms with Gasteiger partial charge in [-0.15, -0.1) is 22.7 Å². The molecule has 2 aromatic heterocycles. The quantitative estimate of drug-likeness (QED) is 0.888. The second-order valence-corrected chi connectivity index (χ2v) is 8.18. The van der Waals surface area contributed by atoms with Gasteiger partial charge in [0.2, 0.25) is 10.0 Å². The van der Waals surface area contributed by atoms with E-state index in [0.717, 1.165) is 11.3 Å². The van der Waals surface area contributed by atoms with Gasteiger partial charge in [0.25, 0.3) is 0 Å². The smallest absolute Gasteiger partial charge is 0.243 e. The fourth-order valence-corrected chi connectivity index (χ4v) is 4.64. The summed E-state index contributed by atoms with van der Waals surface area (Å²) in [5.74, 6) is 0. The molecule has 0 atom stereocenters. The van der Waals surface area contributed by atoms with E-state index in [1.165, 1.54) is 20.5 Å². The summed E-state index contributed by atoms with van der Waals surface area (Å²) < 4.78 is 26.0. The molecule has 0 aliphatic carbocycles. The minimum absolute atomic E-state index is 0.339. The molecule has 2 rings (SSSR count). The molecular formula is C12H16N2O2S3. The predicted molar refractivity (Wildman–Crippen MR) is 80.0 cm³/mol. The summed E-state index contributed by atoms with van der Waals surface area (Å²) in [6.45, 7) is 0.857. The Balaban J connectivity index is 2.06. The van der Waals surface area contributed by atoms with Crippen molar-refractivity contribution >= 4 is 32.7 Å². The van der Waals surface area contributed by atoms with Crippen LogP contribution in [0, 0.1) is 0 Å². The normalized spacial score (nSPS) is 12.2. The molecule has 2 N–H and O–H groups in total. The lowest BCUT2D eigenvalue weighted by molar-refractivity contribution is 0.474. The highest BCUT2D eigenvalue weighted by atomic mass is 32.2. The largest absolute Gasteiger partial charge is 0.326 e. The van der Waals surface area contributed by atoms with Crippen LogP contribution in [0.25, 0.3) is 0 Å². The van der Waals surface area contributed by atoms with E-state index >= 15 is 0 Å². The molecule has 0 radical (unpaired) electrons. The Labute approximate surface area is 121 Å². The third-order valence-electron chi connectivity index (χ3n) is 2.79. The molecule has 0 bridgehead atoms. The number of thiophene rings is 2. The van der Waals surface area contributed by atoms with Crippen LogP contribution in [0.2, 0.25) is 0 Å². The highest BCUT2D eigenvalue weighted by molar-refractivity contribution is 7.89. The van der Waals surface area contributed by atoms with Gasteiger partial charge < -0.3 is 5.73 Å². The van der Waals surface area contributed by atoms with Crippen molar-refractivity contribution in [2.45, 2.75) is 17.9 Å². The second kappa shape index (κ2) is 6.15. The van der Waals surface area contributed by atoms with Gasteiger partial charge in [0, 0.05) is 35.3 Å². The lowest BCUT2D eigenvalue weighted by atomic mass is 10.3. The van der Waals surface area contributed by atoms with Gasteiger partial charge in [-0.1, -0.05) is 6.07 Å². The summed E-state index contributed by atoms with van der Waals surface area (Å²) >= 11 is 3.02. The molecule has 0 aromatic carbocycles. The zero-order valence-corrected chi connectivity index (χ0v) is 13.0. The maximum atomic E-state index is 12.3. The number of rotatable bonds is 6. The van der Waals surface area contributed by atoms with Crippen molar-refractivity contribution in [3.05, 3.63) is 38.7 Å². The van der Waals surface area contributed by atoms with Gasteiger partial charge in [-0.05, 0) is 23.9 Å². The molecule has 7 heteroatoms. The molecule has 4 nitrogen and oxygen atoms in total. The van der Waals surface area contributed by atoms with E-state index in [4.69, 9.17) is 5.73 Å². The molecule has 2 aromatic rings. The third-order valence-corrected chi connectivity index (χ3v) is 6.67. The lowest BCUT2D eigenvalue weighted by Crippen LogP contribution is -2.28. The zero-order chi connectivity index (χ0) is 13.9. The summed E-state index contributed by atoms with van der Waals surface area (Å²) in [5, 5.41) is 3.65. The molecule has 19 heavy (non-hydrogen) atoms. The molecule has 2 heterocycles. The molecule has 0 spiro atoms.